The molecule has 0 aromatic rings. The molecule has 1 unspecified atom stereocenters. The third-order valence-electron chi connectivity index (χ3n) is 1.70. The molecule has 0 saturated carbocycles. The third-order valence-corrected chi connectivity index (χ3v) is 2.34. The lowest BCUT2D eigenvalue weighted by Gasteiger charge is -2.17. The second kappa shape index (κ2) is 8.20. The second-order valence-corrected chi connectivity index (χ2v) is 3.78. The first kappa shape index (κ1) is 12.6. The molecule has 0 heterocycles. The molecular formula is C10H20N2S. The summed E-state index contributed by atoms with van der Waals surface area (Å²) >= 11 is 1.77. The van der Waals surface area contributed by atoms with Crippen LogP contribution in [0.15, 0.2) is 24.9 Å². The Bertz CT molecular complexity index is 157. The predicted molar refractivity (Wildman–Crippen MR) is 63.2 cm³/mol. The van der Waals surface area contributed by atoms with Gasteiger partial charge in [-0.05, 0) is 26.3 Å². The van der Waals surface area contributed by atoms with Gasteiger partial charge < -0.3 is 10.6 Å². The van der Waals surface area contributed by atoms with Crippen LogP contribution >= 0.6 is 11.8 Å². The fourth-order valence-corrected chi connectivity index (χ4v) is 1.46. The van der Waals surface area contributed by atoms with Gasteiger partial charge in [-0.25, -0.2) is 0 Å². The SMILES string of the molecule is C=CC(CCNC)NC(=C)CSC. The summed E-state index contributed by atoms with van der Waals surface area (Å²) < 4.78 is 0. The van der Waals surface area contributed by atoms with E-state index in [4.69, 9.17) is 0 Å². The molecule has 0 spiro atoms. The number of hydrogen-bond donors (Lipinski definition) is 2. The number of thioether (sulfide) groups is 1. The zero-order valence-corrected chi connectivity index (χ0v) is 9.41. The van der Waals surface area contributed by atoms with Crippen LogP contribution in [0.3, 0.4) is 0 Å². The van der Waals surface area contributed by atoms with E-state index in [0.29, 0.717) is 6.04 Å². The third kappa shape index (κ3) is 6.72. The van der Waals surface area contributed by atoms with Crippen LogP contribution < -0.4 is 10.6 Å². The normalized spacial score (nSPS) is 12.2. The molecule has 0 aromatic carbocycles. The minimum atomic E-state index is 0.340. The summed E-state index contributed by atoms with van der Waals surface area (Å²) in [6.45, 7) is 8.73. The minimum Gasteiger partial charge on any atom is -0.382 e. The zero-order chi connectivity index (χ0) is 10.1. The van der Waals surface area contributed by atoms with Crippen molar-refractivity contribution in [2.75, 3.05) is 25.6 Å². The summed E-state index contributed by atoms with van der Waals surface area (Å²) in [7, 11) is 1.96. The van der Waals surface area contributed by atoms with Crippen LogP contribution in [0.4, 0.5) is 0 Å². The average Bonchev–Trinajstić information content (AvgIpc) is 2.12. The van der Waals surface area contributed by atoms with E-state index in [0.717, 1.165) is 24.4 Å². The molecule has 0 aliphatic carbocycles. The lowest BCUT2D eigenvalue weighted by molar-refractivity contribution is 0.594. The molecule has 2 N–H and O–H groups in total. The maximum absolute atomic E-state index is 3.94. The van der Waals surface area contributed by atoms with Gasteiger partial charge >= 0.3 is 0 Å². The van der Waals surface area contributed by atoms with Crippen molar-refractivity contribution in [2.24, 2.45) is 0 Å². The molecule has 0 aromatic heterocycles. The van der Waals surface area contributed by atoms with Crippen molar-refractivity contribution in [1.82, 2.24) is 10.6 Å². The minimum absolute atomic E-state index is 0.340. The fraction of sp³-hybridized carbons (Fsp3) is 0.600. The summed E-state index contributed by atoms with van der Waals surface area (Å²) in [5.74, 6) is 0.962. The van der Waals surface area contributed by atoms with Gasteiger partial charge in [0.2, 0.25) is 0 Å². The molecule has 0 aliphatic heterocycles. The quantitative estimate of drug-likeness (QED) is 0.582. The second-order valence-electron chi connectivity index (χ2n) is 2.92. The smallest absolute Gasteiger partial charge is 0.0451 e. The van der Waals surface area contributed by atoms with Crippen LogP contribution in [0.2, 0.25) is 0 Å². The lowest BCUT2D eigenvalue weighted by atomic mass is 10.2. The van der Waals surface area contributed by atoms with E-state index in [9.17, 15) is 0 Å². The Morgan fingerprint density at radius 3 is 2.77 bits per heavy atom. The molecule has 2 nitrogen and oxygen atoms in total. The molecule has 1 atom stereocenters. The van der Waals surface area contributed by atoms with Crippen molar-refractivity contribution in [3.05, 3.63) is 24.9 Å². The first-order valence-electron chi connectivity index (χ1n) is 4.45. The van der Waals surface area contributed by atoms with Gasteiger partial charge in [0.25, 0.3) is 0 Å². The van der Waals surface area contributed by atoms with Gasteiger partial charge in [0.1, 0.15) is 0 Å². The van der Waals surface area contributed by atoms with E-state index < -0.39 is 0 Å². The van der Waals surface area contributed by atoms with Crippen molar-refractivity contribution in [1.29, 1.82) is 0 Å². The van der Waals surface area contributed by atoms with Crippen molar-refractivity contribution in [2.45, 2.75) is 12.5 Å². The first-order chi connectivity index (χ1) is 6.24. The molecule has 0 amide bonds. The Balaban J connectivity index is 3.69. The van der Waals surface area contributed by atoms with E-state index >= 15 is 0 Å². The van der Waals surface area contributed by atoms with Crippen molar-refractivity contribution < 1.29 is 0 Å². The summed E-state index contributed by atoms with van der Waals surface area (Å²) in [5.41, 5.74) is 1.08. The molecule has 0 bridgehead atoms. The van der Waals surface area contributed by atoms with Crippen molar-refractivity contribution in [3.63, 3.8) is 0 Å². The van der Waals surface area contributed by atoms with E-state index in [2.05, 4.69) is 30.0 Å². The van der Waals surface area contributed by atoms with Crippen LogP contribution in [0.25, 0.3) is 0 Å². The van der Waals surface area contributed by atoms with Crippen LogP contribution in [0, 0.1) is 0 Å². The largest absolute Gasteiger partial charge is 0.382 e. The van der Waals surface area contributed by atoms with Gasteiger partial charge in [-0.1, -0.05) is 12.7 Å². The lowest BCUT2D eigenvalue weighted by Crippen LogP contribution is -2.29. The van der Waals surface area contributed by atoms with Crippen LogP contribution in [-0.4, -0.2) is 31.6 Å². The van der Waals surface area contributed by atoms with Gasteiger partial charge in [-0.3, -0.25) is 0 Å². The van der Waals surface area contributed by atoms with Crippen molar-refractivity contribution in [3.8, 4) is 0 Å². The molecule has 0 radical (unpaired) electrons. The Hall–Kier alpha value is -0.410. The summed E-state index contributed by atoms with van der Waals surface area (Å²) in [5, 5.41) is 6.44. The maximum Gasteiger partial charge on any atom is 0.0451 e. The molecule has 76 valence electrons. The molecular weight excluding hydrogens is 180 g/mol. The number of rotatable bonds is 8. The van der Waals surface area contributed by atoms with Crippen LogP contribution in [0.5, 0.6) is 0 Å². The van der Waals surface area contributed by atoms with Crippen LogP contribution in [0.1, 0.15) is 6.42 Å². The molecule has 0 aliphatic rings. The Labute approximate surface area is 85.9 Å². The molecule has 13 heavy (non-hydrogen) atoms. The van der Waals surface area contributed by atoms with E-state index in [1.54, 1.807) is 11.8 Å². The maximum atomic E-state index is 3.94. The standard InChI is InChI=1S/C10H20N2S/c1-5-10(6-7-11-3)12-9(2)8-13-4/h5,10-12H,1-2,6-8H2,3-4H3. The van der Waals surface area contributed by atoms with Gasteiger partial charge in [-0.2, -0.15) is 11.8 Å². The highest BCUT2D eigenvalue weighted by Gasteiger charge is 2.02. The topological polar surface area (TPSA) is 24.1 Å². The van der Waals surface area contributed by atoms with E-state index in [1.807, 2.05) is 13.1 Å². The fourth-order valence-electron chi connectivity index (χ4n) is 1.03. The molecule has 0 fully saturated rings. The monoisotopic (exact) mass is 200 g/mol. The molecule has 0 rings (SSSR count). The predicted octanol–water partition coefficient (Wildman–Crippen LogP) is 1.62. The number of hydrogen-bond acceptors (Lipinski definition) is 3. The average molecular weight is 200 g/mol. The Morgan fingerprint density at radius 2 is 2.31 bits per heavy atom. The first-order valence-corrected chi connectivity index (χ1v) is 5.84. The highest BCUT2D eigenvalue weighted by molar-refractivity contribution is 7.98. The van der Waals surface area contributed by atoms with E-state index in [-0.39, 0.29) is 0 Å². The Morgan fingerprint density at radius 1 is 1.62 bits per heavy atom. The van der Waals surface area contributed by atoms with Gasteiger partial charge in [0.15, 0.2) is 0 Å². The highest BCUT2D eigenvalue weighted by atomic mass is 32.2. The Kier molecular flexibility index (Phi) is 7.94. The van der Waals surface area contributed by atoms with E-state index in [1.165, 1.54) is 0 Å². The van der Waals surface area contributed by atoms with Crippen LogP contribution in [-0.2, 0) is 0 Å². The number of nitrogens with one attached hydrogen (secondary N) is 2. The summed E-state index contributed by atoms with van der Waals surface area (Å²) in [6.07, 6.45) is 5.06. The highest BCUT2D eigenvalue weighted by Crippen LogP contribution is 2.01. The zero-order valence-electron chi connectivity index (χ0n) is 8.60. The molecule has 0 saturated heterocycles. The van der Waals surface area contributed by atoms with Gasteiger partial charge in [-0.15, -0.1) is 6.58 Å². The van der Waals surface area contributed by atoms with Gasteiger partial charge in [0.05, 0.1) is 0 Å². The molecule has 3 heteroatoms. The van der Waals surface area contributed by atoms with Gasteiger partial charge in [0, 0.05) is 17.5 Å². The summed E-state index contributed by atoms with van der Waals surface area (Å²) in [4.78, 5) is 0. The van der Waals surface area contributed by atoms with Crippen molar-refractivity contribution >= 4 is 11.8 Å². The summed E-state index contributed by atoms with van der Waals surface area (Å²) in [6, 6.07) is 0.340.